The molecule has 1 heterocycles. The van der Waals surface area contributed by atoms with Crippen molar-refractivity contribution in [3.63, 3.8) is 0 Å². The fourth-order valence-electron chi connectivity index (χ4n) is 2.18. The van der Waals surface area contributed by atoms with Gasteiger partial charge in [0, 0.05) is 19.5 Å². The van der Waals surface area contributed by atoms with Crippen molar-refractivity contribution >= 4 is 5.84 Å². The molecule has 1 atom stereocenters. The molecule has 0 aromatic carbocycles. The summed E-state index contributed by atoms with van der Waals surface area (Å²) in [5, 5.41) is 3.53. The van der Waals surface area contributed by atoms with Crippen molar-refractivity contribution in [3.8, 4) is 0 Å². The third kappa shape index (κ3) is 2.49. The first-order chi connectivity index (χ1) is 6.68. The predicted octanol–water partition coefficient (Wildman–Crippen LogP) is 2.59. The third-order valence-electron chi connectivity index (χ3n) is 3.64. The summed E-state index contributed by atoms with van der Waals surface area (Å²) >= 11 is 0. The Balaban J connectivity index is 1.72. The number of amidine groups is 1. The van der Waals surface area contributed by atoms with E-state index in [2.05, 4.69) is 24.2 Å². The van der Waals surface area contributed by atoms with E-state index in [1.165, 1.54) is 37.9 Å². The van der Waals surface area contributed by atoms with Crippen molar-refractivity contribution in [1.29, 1.82) is 0 Å². The van der Waals surface area contributed by atoms with Crippen LogP contribution in [0.2, 0.25) is 0 Å². The second kappa shape index (κ2) is 3.92. The maximum absolute atomic E-state index is 4.58. The van der Waals surface area contributed by atoms with Crippen LogP contribution in [0.1, 0.15) is 46.0 Å². The number of nitrogens with zero attached hydrogens (tertiary/aromatic N) is 1. The lowest BCUT2D eigenvalue weighted by atomic mass is 10.1. The summed E-state index contributed by atoms with van der Waals surface area (Å²) in [6, 6.07) is 0. The van der Waals surface area contributed by atoms with E-state index in [0.717, 1.165) is 19.0 Å². The van der Waals surface area contributed by atoms with Gasteiger partial charge in [-0.2, -0.15) is 0 Å². The highest BCUT2D eigenvalue weighted by Gasteiger charge is 2.45. The molecule has 0 radical (unpaired) electrons. The van der Waals surface area contributed by atoms with E-state index in [9.17, 15) is 0 Å². The Bertz CT molecular complexity index is 230. The van der Waals surface area contributed by atoms with Gasteiger partial charge in [0.15, 0.2) is 0 Å². The van der Waals surface area contributed by atoms with Gasteiger partial charge in [-0.15, -0.1) is 0 Å². The predicted molar refractivity (Wildman–Crippen MR) is 60.7 cm³/mol. The van der Waals surface area contributed by atoms with E-state index < -0.39 is 0 Å². The molecule has 1 N–H and O–H groups in total. The highest BCUT2D eigenvalue weighted by Crippen LogP contribution is 2.50. The molecule has 0 aromatic rings. The van der Waals surface area contributed by atoms with E-state index in [1.807, 2.05) is 0 Å². The highest BCUT2D eigenvalue weighted by molar-refractivity contribution is 5.82. The van der Waals surface area contributed by atoms with E-state index in [4.69, 9.17) is 0 Å². The highest BCUT2D eigenvalue weighted by atomic mass is 15.0. The third-order valence-corrected chi connectivity index (χ3v) is 3.64. The summed E-state index contributed by atoms with van der Waals surface area (Å²) in [5.74, 6) is 2.15. The van der Waals surface area contributed by atoms with Crippen LogP contribution in [0.4, 0.5) is 0 Å². The molecule has 2 rings (SSSR count). The average Bonchev–Trinajstić information content (AvgIpc) is 2.81. The standard InChI is InChI=1S/C12H22N2/c1-12(2)8-10(12)9-14-11-6-4-3-5-7-13-11/h10H,3-9H2,1-2H3,(H,13,14). The number of hydrogen-bond donors (Lipinski definition) is 1. The Kier molecular flexibility index (Phi) is 2.80. The largest absolute Gasteiger partial charge is 0.374 e. The molecule has 0 spiro atoms. The first-order valence-corrected chi connectivity index (χ1v) is 5.96. The van der Waals surface area contributed by atoms with Crippen LogP contribution in [-0.4, -0.2) is 18.9 Å². The number of hydrogen-bond acceptors (Lipinski definition) is 2. The summed E-state index contributed by atoms with van der Waals surface area (Å²) in [4.78, 5) is 4.58. The SMILES string of the molecule is CC1(C)CC1CNC1=NCCCCC1. The summed E-state index contributed by atoms with van der Waals surface area (Å²) in [7, 11) is 0. The molecule has 2 heteroatoms. The zero-order valence-electron chi connectivity index (χ0n) is 9.47. The van der Waals surface area contributed by atoms with Crippen molar-refractivity contribution in [2.24, 2.45) is 16.3 Å². The van der Waals surface area contributed by atoms with Gasteiger partial charge in [-0.25, -0.2) is 0 Å². The van der Waals surface area contributed by atoms with E-state index in [1.54, 1.807) is 0 Å². The van der Waals surface area contributed by atoms with Crippen LogP contribution in [0.3, 0.4) is 0 Å². The zero-order chi connectivity index (χ0) is 10.0. The minimum atomic E-state index is 0.596. The molecule has 2 nitrogen and oxygen atoms in total. The van der Waals surface area contributed by atoms with Crippen LogP contribution in [0.5, 0.6) is 0 Å². The molecule has 0 bridgehead atoms. The van der Waals surface area contributed by atoms with Gasteiger partial charge < -0.3 is 5.32 Å². The van der Waals surface area contributed by atoms with Crippen LogP contribution in [0, 0.1) is 11.3 Å². The molecule has 1 saturated carbocycles. The maximum Gasteiger partial charge on any atom is 0.0963 e. The second-order valence-corrected chi connectivity index (χ2v) is 5.41. The Morgan fingerprint density at radius 3 is 2.86 bits per heavy atom. The van der Waals surface area contributed by atoms with Crippen molar-refractivity contribution in [2.75, 3.05) is 13.1 Å². The van der Waals surface area contributed by atoms with Crippen molar-refractivity contribution in [2.45, 2.75) is 46.0 Å². The van der Waals surface area contributed by atoms with E-state index in [-0.39, 0.29) is 0 Å². The Morgan fingerprint density at radius 2 is 2.14 bits per heavy atom. The van der Waals surface area contributed by atoms with Crippen LogP contribution in [-0.2, 0) is 0 Å². The smallest absolute Gasteiger partial charge is 0.0963 e. The first kappa shape index (κ1) is 10.0. The second-order valence-electron chi connectivity index (χ2n) is 5.41. The molecule has 0 aromatic heterocycles. The fraction of sp³-hybridized carbons (Fsp3) is 0.917. The van der Waals surface area contributed by atoms with Gasteiger partial charge in [0.25, 0.3) is 0 Å². The van der Waals surface area contributed by atoms with Crippen molar-refractivity contribution < 1.29 is 0 Å². The van der Waals surface area contributed by atoms with Gasteiger partial charge in [0.1, 0.15) is 0 Å². The molecule has 1 aliphatic heterocycles. The fourth-order valence-corrected chi connectivity index (χ4v) is 2.18. The van der Waals surface area contributed by atoms with Crippen molar-refractivity contribution in [1.82, 2.24) is 5.32 Å². The molecule has 0 saturated heterocycles. The summed E-state index contributed by atoms with van der Waals surface area (Å²) in [6.45, 7) is 6.89. The Morgan fingerprint density at radius 1 is 1.36 bits per heavy atom. The number of rotatable bonds is 2. The first-order valence-electron chi connectivity index (χ1n) is 5.96. The lowest BCUT2D eigenvalue weighted by molar-refractivity contribution is 0.550. The zero-order valence-corrected chi connectivity index (χ0v) is 9.47. The molecule has 2 aliphatic rings. The van der Waals surface area contributed by atoms with Gasteiger partial charge in [-0.3, -0.25) is 4.99 Å². The summed E-state index contributed by atoms with van der Waals surface area (Å²) < 4.78 is 0. The normalized spacial score (nSPS) is 30.4. The lowest BCUT2D eigenvalue weighted by Crippen LogP contribution is -2.26. The summed E-state index contributed by atoms with van der Waals surface area (Å²) in [6.07, 6.45) is 6.50. The van der Waals surface area contributed by atoms with Crippen LogP contribution < -0.4 is 5.32 Å². The van der Waals surface area contributed by atoms with Crippen LogP contribution >= 0.6 is 0 Å². The molecule has 0 amide bonds. The Labute approximate surface area is 87.2 Å². The molecule has 1 fully saturated rings. The molecule has 80 valence electrons. The lowest BCUT2D eigenvalue weighted by Gasteiger charge is -2.09. The minimum absolute atomic E-state index is 0.596. The molecule has 14 heavy (non-hydrogen) atoms. The maximum atomic E-state index is 4.58. The van der Waals surface area contributed by atoms with Gasteiger partial charge in [0.05, 0.1) is 5.84 Å². The Hall–Kier alpha value is -0.530. The van der Waals surface area contributed by atoms with E-state index >= 15 is 0 Å². The molecule has 1 aliphatic carbocycles. The van der Waals surface area contributed by atoms with Crippen LogP contribution in [0.15, 0.2) is 4.99 Å². The van der Waals surface area contributed by atoms with Crippen LogP contribution in [0.25, 0.3) is 0 Å². The molecular weight excluding hydrogens is 172 g/mol. The van der Waals surface area contributed by atoms with Gasteiger partial charge in [-0.05, 0) is 30.6 Å². The van der Waals surface area contributed by atoms with E-state index in [0.29, 0.717) is 5.41 Å². The minimum Gasteiger partial charge on any atom is -0.374 e. The van der Waals surface area contributed by atoms with Gasteiger partial charge in [0.2, 0.25) is 0 Å². The topological polar surface area (TPSA) is 24.4 Å². The average molecular weight is 194 g/mol. The summed E-state index contributed by atoms with van der Waals surface area (Å²) in [5.41, 5.74) is 0.596. The number of aliphatic imine (C=N–C) groups is 1. The monoisotopic (exact) mass is 194 g/mol. The molecule has 1 unspecified atom stereocenters. The van der Waals surface area contributed by atoms with Gasteiger partial charge >= 0.3 is 0 Å². The quantitative estimate of drug-likeness (QED) is 0.718. The van der Waals surface area contributed by atoms with Gasteiger partial charge in [-0.1, -0.05) is 20.3 Å². The van der Waals surface area contributed by atoms with Crippen molar-refractivity contribution in [3.05, 3.63) is 0 Å². The number of nitrogens with one attached hydrogen (secondary N) is 1. The molecular formula is C12H22N2.